The normalized spacial score (nSPS) is 28.2. The summed E-state index contributed by atoms with van der Waals surface area (Å²) in [5.41, 5.74) is 5.47. The van der Waals surface area contributed by atoms with E-state index in [1.54, 1.807) is 0 Å². The van der Waals surface area contributed by atoms with Gasteiger partial charge in [0.1, 0.15) is 12.2 Å². The van der Waals surface area contributed by atoms with Gasteiger partial charge in [-0.1, -0.05) is 24.3 Å². The summed E-state index contributed by atoms with van der Waals surface area (Å²) in [4.78, 5) is 0. The molecule has 0 spiro atoms. The number of aryl methyl sites for hydroxylation is 2. The van der Waals surface area contributed by atoms with Crippen molar-refractivity contribution in [3.05, 3.63) is 46.5 Å². The second-order valence-corrected chi connectivity index (χ2v) is 3.93. The molecule has 0 fully saturated rings. The molecule has 1 aromatic carbocycles. The first-order valence-electron chi connectivity index (χ1n) is 4.70. The molecule has 2 aliphatic rings. The second-order valence-electron chi connectivity index (χ2n) is 3.93. The topological polar surface area (TPSA) is 9.23 Å². The van der Waals surface area contributed by atoms with Gasteiger partial charge in [-0.25, -0.2) is 0 Å². The van der Waals surface area contributed by atoms with E-state index in [1.165, 1.54) is 22.3 Å². The van der Waals surface area contributed by atoms with E-state index in [0.29, 0.717) is 0 Å². The highest BCUT2D eigenvalue weighted by Gasteiger charge is 2.33. The van der Waals surface area contributed by atoms with Gasteiger partial charge in [-0.2, -0.15) is 0 Å². The number of hydrogen-bond donors (Lipinski definition) is 0. The van der Waals surface area contributed by atoms with E-state index in [4.69, 9.17) is 4.74 Å². The van der Waals surface area contributed by atoms with Gasteiger partial charge in [0.2, 0.25) is 0 Å². The lowest BCUT2D eigenvalue weighted by atomic mass is 9.93. The average molecular weight is 172 g/mol. The molecule has 0 saturated carbocycles. The van der Waals surface area contributed by atoms with Crippen LogP contribution in [-0.4, -0.2) is 0 Å². The van der Waals surface area contributed by atoms with Gasteiger partial charge in [0, 0.05) is 0 Å². The van der Waals surface area contributed by atoms with Crippen molar-refractivity contribution in [2.75, 3.05) is 0 Å². The smallest absolute Gasteiger partial charge is 0.102 e. The van der Waals surface area contributed by atoms with Gasteiger partial charge in [-0.15, -0.1) is 0 Å². The van der Waals surface area contributed by atoms with Crippen LogP contribution >= 0.6 is 0 Å². The monoisotopic (exact) mass is 172 g/mol. The van der Waals surface area contributed by atoms with Gasteiger partial charge in [-0.3, -0.25) is 0 Å². The van der Waals surface area contributed by atoms with Crippen molar-refractivity contribution in [2.24, 2.45) is 0 Å². The van der Waals surface area contributed by atoms with E-state index >= 15 is 0 Å². The molecule has 0 saturated heterocycles. The third-order valence-corrected chi connectivity index (χ3v) is 3.07. The number of rotatable bonds is 0. The quantitative estimate of drug-likeness (QED) is 0.547. The predicted molar refractivity (Wildman–Crippen MR) is 51.6 cm³/mol. The van der Waals surface area contributed by atoms with Crippen molar-refractivity contribution < 1.29 is 4.74 Å². The molecule has 13 heavy (non-hydrogen) atoms. The van der Waals surface area contributed by atoms with Gasteiger partial charge < -0.3 is 4.74 Å². The molecule has 66 valence electrons. The van der Waals surface area contributed by atoms with E-state index in [-0.39, 0.29) is 12.2 Å². The maximum atomic E-state index is 5.74. The van der Waals surface area contributed by atoms with Crippen LogP contribution in [0, 0.1) is 13.8 Å². The summed E-state index contributed by atoms with van der Waals surface area (Å²) in [7, 11) is 0. The first kappa shape index (κ1) is 7.34. The van der Waals surface area contributed by atoms with Crippen LogP contribution in [0.1, 0.15) is 34.5 Å². The summed E-state index contributed by atoms with van der Waals surface area (Å²) < 4.78 is 5.74. The van der Waals surface area contributed by atoms with Crippen molar-refractivity contribution >= 4 is 0 Å². The van der Waals surface area contributed by atoms with Crippen LogP contribution in [0.4, 0.5) is 0 Å². The molecule has 0 aliphatic carbocycles. The van der Waals surface area contributed by atoms with Crippen molar-refractivity contribution in [3.8, 4) is 0 Å². The van der Waals surface area contributed by atoms with Crippen LogP contribution in [-0.2, 0) is 4.74 Å². The molecule has 2 heterocycles. The largest absolute Gasteiger partial charge is 0.357 e. The summed E-state index contributed by atoms with van der Waals surface area (Å²) in [5.74, 6) is 0. The number of ether oxygens (including phenoxy) is 1. The SMILES string of the molecule is Cc1cc2c(cc1C)[C@H]1C=C[C@@H]2O1. The molecule has 0 unspecified atom stereocenters. The standard InChI is InChI=1S/C12H12O/c1-7-5-9-10(6-8(7)2)12-4-3-11(9)13-12/h3-6,11-12H,1-2H3/t11-,12+. The van der Waals surface area contributed by atoms with Crippen LogP contribution < -0.4 is 0 Å². The molecule has 0 N–H and O–H groups in total. The maximum absolute atomic E-state index is 5.74. The first-order chi connectivity index (χ1) is 6.25. The van der Waals surface area contributed by atoms with Crippen molar-refractivity contribution in [1.29, 1.82) is 0 Å². The lowest BCUT2D eigenvalue weighted by molar-refractivity contribution is 0.0878. The molecule has 1 heteroatoms. The third kappa shape index (κ3) is 0.853. The molecule has 2 atom stereocenters. The average Bonchev–Trinajstić information content (AvgIpc) is 2.67. The fraction of sp³-hybridized carbons (Fsp3) is 0.333. The Morgan fingerprint density at radius 3 is 1.85 bits per heavy atom. The Morgan fingerprint density at radius 1 is 0.923 bits per heavy atom. The predicted octanol–water partition coefficient (Wildman–Crippen LogP) is 2.99. The fourth-order valence-electron chi connectivity index (χ4n) is 2.16. The molecule has 3 rings (SSSR count). The zero-order valence-electron chi connectivity index (χ0n) is 7.87. The van der Waals surface area contributed by atoms with Crippen molar-refractivity contribution in [2.45, 2.75) is 26.1 Å². The third-order valence-electron chi connectivity index (χ3n) is 3.07. The Labute approximate surface area is 78.0 Å². The zero-order valence-corrected chi connectivity index (χ0v) is 7.87. The van der Waals surface area contributed by atoms with Gasteiger partial charge in [0.25, 0.3) is 0 Å². The van der Waals surface area contributed by atoms with E-state index in [0.717, 1.165) is 0 Å². The van der Waals surface area contributed by atoms with Crippen molar-refractivity contribution in [1.82, 2.24) is 0 Å². The van der Waals surface area contributed by atoms with Crippen molar-refractivity contribution in [3.63, 3.8) is 0 Å². The van der Waals surface area contributed by atoms with Crippen LogP contribution in [0.3, 0.4) is 0 Å². The molecule has 0 amide bonds. The Balaban J connectivity index is 2.25. The maximum Gasteiger partial charge on any atom is 0.102 e. The van der Waals surface area contributed by atoms with Crippen LogP contribution in [0.5, 0.6) is 0 Å². The van der Waals surface area contributed by atoms with Crippen LogP contribution in [0.15, 0.2) is 24.3 Å². The van der Waals surface area contributed by atoms with E-state index < -0.39 is 0 Å². The summed E-state index contributed by atoms with van der Waals surface area (Å²) in [6, 6.07) is 4.53. The number of hydrogen-bond acceptors (Lipinski definition) is 1. The zero-order chi connectivity index (χ0) is 9.00. The van der Waals surface area contributed by atoms with Gasteiger partial charge in [0.05, 0.1) is 0 Å². The molecular formula is C12H12O. The molecule has 1 aromatic rings. The molecular weight excluding hydrogens is 160 g/mol. The lowest BCUT2D eigenvalue weighted by Gasteiger charge is -2.09. The van der Waals surface area contributed by atoms with E-state index in [2.05, 4.69) is 38.1 Å². The van der Waals surface area contributed by atoms with Crippen LogP contribution in [0.25, 0.3) is 0 Å². The van der Waals surface area contributed by atoms with E-state index in [9.17, 15) is 0 Å². The summed E-state index contributed by atoms with van der Waals surface area (Å²) in [6.07, 6.45) is 4.78. The Bertz CT molecular complexity index is 367. The second kappa shape index (κ2) is 2.24. The highest BCUT2D eigenvalue weighted by molar-refractivity contribution is 5.47. The minimum atomic E-state index is 0.235. The minimum absolute atomic E-state index is 0.235. The Kier molecular flexibility index (Phi) is 1.26. The molecule has 1 nitrogen and oxygen atoms in total. The summed E-state index contributed by atoms with van der Waals surface area (Å²) in [5, 5.41) is 0. The molecule has 0 radical (unpaired) electrons. The summed E-state index contributed by atoms with van der Waals surface area (Å²) in [6.45, 7) is 4.32. The number of fused-ring (bicyclic) bond motifs is 5. The van der Waals surface area contributed by atoms with Gasteiger partial charge in [0.15, 0.2) is 0 Å². The highest BCUT2D eigenvalue weighted by Crippen LogP contribution is 2.46. The lowest BCUT2D eigenvalue weighted by Crippen LogP contribution is -1.95. The van der Waals surface area contributed by atoms with Gasteiger partial charge in [-0.05, 0) is 36.1 Å². The molecule has 2 aliphatic heterocycles. The fourth-order valence-corrected chi connectivity index (χ4v) is 2.16. The van der Waals surface area contributed by atoms with Gasteiger partial charge >= 0.3 is 0 Å². The first-order valence-corrected chi connectivity index (χ1v) is 4.70. The Morgan fingerprint density at radius 2 is 1.38 bits per heavy atom. The highest BCUT2D eigenvalue weighted by atomic mass is 16.5. The molecule has 0 aromatic heterocycles. The summed E-state index contributed by atoms with van der Waals surface area (Å²) >= 11 is 0. The van der Waals surface area contributed by atoms with Crippen LogP contribution in [0.2, 0.25) is 0 Å². The Hall–Kier alpha value is -1.08. The minimum Gasteiger partial charge on any atom is -0.357 e. The number of benzene rings is 1. The molecule has 2 bridgehead atoms. The van der Waals surface area contributed by atoms with E-state index in [1.807, 2.05) is 0 Å².